The van der Waals surface area contributed by atoms with E-state index in [-0.39, 0.29) is 0 Å². The predicted octanol–water partition coefficient (Wildman–Crippen LogP) is 1.24. The SMILES string of the molecule is Cn1c(N2CCCNCC2)nc2ccc(C#N)cc21. The van der Waals surface area contributed by atoms with Gasteiger partial charge in [0.05, 0.1) is 22.7 Å². The summed E-state index contributed by atoms with van der Waals surface area (Å²) in [6.07, 6.45) is 1.13. The van der Waals surface area contributed by atoms with Crippen LogP contribution in [0.3, 0.4) is 0 Å². The fraction of sp³-hybridized carbons (Fsp3) is 0.429. The zero-order valence-electron chi connectivity index (χ0n) is 11.1. The molecule has 3 rings (SSSR count). The summed E-state index contributed by atoms with van der Waals surface area (Å²) in [6, 6.07) is 7.83. The minimum absolute atomic E-state index is 0.680. The highest BCUT2D eigenvalue weighted by Crippen LogP contribution is 2.22. The molecule has 5 heteroatoms. The molecule has 0 aliphatic carbocycles. The van der Waals surface area contributed by atoms with E-state index in [1.165, 1.54) is 0 Å². The first-order valence-corrected chi connectivity index (χ1v) is 6.62. The van der Waals surface area contributed by atoms with Gasteiger partial charge in [-0.25, -0.2) is 4.98 Å². The van der Waals surface area contributed by atoms with Crippen LogP contribution in [0.1, 0.15) is 12.0 Å². The quantitative estimate of drug-likeness (QED) is 0.833. The maximum Gasteiger partial charge on any atom is 0.206 e. The molecule has 1 aliphatic rings. The van der Waals surface area contributed by atoms with Crippen LogP contribution in [0.5, 0.6) is 0 Å². The number of hydrogen-bond acceptors (Lipinski definition) is 4. The number of benzene rings is 1. The van der Waals surface area contributed by atoms with Crippen LogP contribution in [-0.4, -0.2) is 35.7 Å². The molecule has 19 heavy (non-hydrogen) atoms. The number of hydrogen-bond donors (Lipinski definition) is 1. The van der Waals surface area contributed by atoms with E-state index in [0.29, 0.717) is 5.56 Å². The summed E-state index contributed by atoms with van der Waals surface area (Å²) in [4.78, 5) is 7.02. The van der Waals surface area contributed by atoms with Crippen molar-refractivity contribution >= 4 is 17.0 Å². The number of aryl methyl sites for hydroxylation is 1. The largest absolute Gasteiger partial charge is 0.341 e. The third kappa shape index (κ3) is 2.15. The highest BCUT2D eigenvalue weighted by molar-refractivity contribution is 5.80. The van der Waals surface area contributed by atoms with E-state index in [1.807, 2.05) is 25.2 Å². The summed E-state index contributed by atoms with van der Waals surface area (Å²) in [5.74, 6) is 0.994. The predicted molar refractivity (Wildman–Crippen MR) is 75.1 cm³/mol. The molecule has 1 fully saturated rings. The maximum absolute atomic E-state index is 8.98. The molecule has 0 unspecified atom stereocenters. The van der Waals surface area contributed by atoms with Crippen LogP contribution >= 0.6 is 0 Å². The Morgan fingerprint density at radius 1 is 1.32 bits per heavy atom. The van der Waals surface area contributed by atoms with Gasteiger partial charge < -0.3 is 14.8 Å². The zero-order chi connectivity index (χ0) is 13.2. The van der Waals surface area contributed by atoms with Gasteiger partial charge in [0.15, 0.2) is 0 Å². The molecule has 2 heterocycles. The van der Waals surface area contributed by atoms with Gasteiger partial charge >= 0.3 is 0 Å². The maximum atomic E-state index is 8.98. The van der Waals surface area contributed by atoms with Crippen molar-refractivity contribution < 1.29 is 0 Å². The third-order valence-corrected chi connectivity index (χ3v) is 3.61. The molecular formula is C14H17N5. The molecule has 0 atom stereocenters. The number of nitrogens with zero attached hydrogens (tertiary/aromatic N) is 4. The van der Waals surface area contributed by atoms with Crippen LogP contribution in [0.4, 0.5) is 5.95 Å². The van der Waals surface area contributed by atoms with Crippen LogP contribution in [0.25, 0.3) is 11.0 Å². The lowest BCUT2D eigenvalue weighted by molar-refractivity contribution is 0.724. The van der Waals surface area contributed by atoms with E-state index in [2.05, 4.69) is 20.9 Å². The fourth-order valence-corrected chi connectivity index (χ4v) is 2.58. The number of imidazole rings is 1. The average molecular weight is 255 g/mol. The number of aromatic nitrogens is 2. The number of nitrogens with one attached hydrogen (secondary N) is 1. The lowest BCUT2D eigenvalue weighted by atomic mass is 10.2. The Balaban J connectivity index is 2.04. The minimum Gasteiger partial charge on any atom is -0.341 e. The van der Waals surface area contributed by atoms with Crippen LogP contribution < -0.4 is 10.2 Å². The van der Waals surface area contributed by atoms with Crippen molar-refractivity contribution in [3.63, 3.8) is 0 Å². The molecule has 0 saturated carbocycles. The molecule has 1 saturated heterocycles. The number of fused-ring (bicyclic) bond motifs is 1. The van der Waals surface area contributed by atoms with E-state index in [0.717, 1.165) is 49.6 Å². The Morgan fingerprint density at radius 2 is 2.21 bits per heavy atom. The van der Waals surface area contributed by atoms with Gasteiger partial charge in [0.1, 0.15) is 0 Å². The van der Waals surface area contributed by atoms with Crippen molar-refractivity contribution in [2.75, 3.05) is 31.1 Å². The first kappa shape index (κ1) is 12.0. The van der Waals surface area contributed by atoms with Crippen molar-refractivity contribution in [3.8, 4) is 6.07 Å². The molecule has 0 bridgehead atoms. The molecule has 5 nitrogen and oxygen atoms in total. The smallest absolute Gasteiger partial charge is 0.206 e. The summed E-state index contributed by atoms with van der Waals surface area (Å²) in [7, 11) is 2.02. The van der Waals surface area contributed by atoms with Gasteiger partial charge in [-0.1, -0.05) is 0 Å². The third-order valence-electron chi connectivity index (χ3n) is 3.61. The Labute approximate surface area is 112 Å². The van der Waals surface area contributed by atoms with Crippen molar-refractivity contribution in [1.82, 2.24) is 14.9 Å². The average Bonchev–Trinajstić information content (AvgIpc) is 2.64. The molecule has 98 valence electrons. The molecule has 0 radical (unpaired) electrons. The fourth-order valence-electron chi connectivity index (χ4n) is 2.58. The summed E-state index contributed by atoms with van der Waals surface area (Å²) in [5, 5.41) is 12.4. The van der Waals surface area contributed by atoms with Gasteiger partial charge in [-0.3, -0.25) is 0 Å². The molecular weight excluding hydrogens is 238 g/mol. The standard InChI is InChI=1S/C14H17N5/c1-18-13-9-11(10-15)3-4-12(13)17-14(18)19-7-2-5-16-6-8-19/h3-4,9,16H,2,5-8H2,1H3. The monoisotopic (exact) mass is 255 g/mol. The Morgan fingerprint density at radius 3 is 3.05 bits per heavy atom. The van der Waals surface area contributed by atoms with Gasteiger partial charge in [0.25, 0.3) is 0 Å². The van der Waals surface area contributed by atoms with Crippen molar-refractivity contribution in [1.29, 1.82) is 5.26 Å². The Kier molecular flexibility index (Phi) is 3.10. The second kappa shape index (κ2) is 4.90. The highest BCUT2D eigenvalue weighted by atomic mass is 15.3. The molecule has 1 N–H and O–H groups in total. The number of rotatable bonds is 1. The van der Waals surface area contributed by atoms with Crippen molar-refractivity contribution in [2.45, 2.75) is 6.42 Å². The van der Waals surface area contributed by atoms with E-state index in [4.69, 9.17) is 10.2 Å². The van der Waals surface area contributed by atoms with Crippen LogP contribution in [0.2, 0.25) is 0 Å². The topological polar surface area (TPSA) is 56.9 Å². The van der Waals surface area contributed by atoms with Crippen LogP contribution in [0, 0.1) is 11.3 Å². The summed E-state index contributed by atoms with van der Waals surface area (Å²) in [5.41, 5.74) is 2.65. The first-order valence-electron chi connectivity index (χ1n) is 6.62. The molecule has 1 aromatic carbocycles. The lowest BCUT2D eigenvalue weighted by Gasteiger charge is -2.20. The van der Waals surface area contributed by atoms with Crippen molar-refractivity contribution in [3.05, 3.63) is 23.8 Å². The number of anilines is 1. The summed E-state index contributed by atoms with van der Waals surface area (Å²) in [6.45, 7) is 4.06. The highest BCUT2D eigenvalue weighted by Gasteiger charge is 2.16. The second-order valence-corrected chi connectivity index (χ2v) is 4.88. The van der Waals surface area contributed by atoms with Crippen LogP contribution in [0.15, 0.2) is 18.2 Å². The zero-order valence-corrected chi connectivity index (χ0v) is 11.1. The van der Waals surface area contributed by atoms with Gasteiger partial charge in [-0.15, -0.1) is 0 Å². The normalized spacial score (nSPS) is 16.3. The molecule has 0 spiro atoms. The van der Waals surface area contributed by atoms with Crippen molar-refractivity contribution in [2.24, 2.45) is 7.05 Å². The molecule has 1 aliphatic heterocycles. The molecule has 1 aromatic heterocycles. The van der Waals surface area contributed by atoms with E-state index in [1.54, 1.807) is 0 Å². The van der Waals surface area contributed by atoms with Gasteiger partial charge in [-0.05, 0) is 31.2 Å². The van der Waals surface area contributed by atoms with Gasteiger partial charge in [0.2, 0.25) is 5.95 Å². The Hall–Kier alpha value is -2.06. The van der Waals surface area contributed by atoms with Crippen LogP contribution in [-0.2, 0) is 7.05 Å². The number of nitriles is 1. The van der Waals surface area contributed by atoms with E-state index in [9.17, 15) is 0 Å². The van der Waals surface area contributed by atoms with Gasteiger partial charge in [0, 0.05) is 26.7 Å². The Bertz CT molecular complexity index is 629. The lowest BCUT2D eigenvalue weighted by Crippen LogP contribution is -2.29. The second-order valence-electron chi connectivity index (χ2n) is 4.88. The van der Waals surface area contributed by atoms with Gasteiger partial charge in [-0.2, -0.15) is 5.26 Å². The van der Waals surface area contributed by atoms with E-state index < -0.39 is 0 Å². The molecule has 2 aromatic rings. The molecule has 0 amide bonds. The minimum atomic E-state index is 0.680. The summed E-state index contributed by atoms with van der Waals surface area (Å²) < 4.78 is 2.08. The summed E-state index contributed by atoms with van der Waals surface area (Å²) >= 11 is 0. The van der Waals surface area contributed by atoms with E-state index >= 15 is 0 Å². The first-order chi connectivity index (χ1) is 9.29.